The van der Waals surface area contributed by atoms with Gasteiger partial charge >= 0.3 is 0 Å². The number of thiazole rings is 2. The molecule has 0 amide bonds. The van der Waals surface area contributed by atoms with Crippen LogP contribution in [-0.2, 0) is 6.54 Å². The van der Waals surface area contributed by atoms with Gasteiger partial charge in [-0.2, -0.15) is 0 Å². The van der Waals surface area contributed by atoms with Crippen molar-refractivity contribution in [1.82, 2.24) is 9.97 Å². The Morgan fingerprint density at radius 1 is 1.19 bits per heavy atom. The third-order valence-corrected chi connectivity index (χ3v) is 3.87. The molecular weight excluding hydrogens is 238 g/mol. The molecule has 1 N–H and O–H groups in total. The molecule has 5 heteroatoms. The van der Waals surface area contributed by atoms with Gasteiger partial charge in [0.25, 0.3) is 0 Å². The third-order valence-electron chi connectivity index (χ3n) is 2.28. The van der Waals surface area contributed by atoms with E-state index in [2.05, 4.69) is 33.5 Å². The molecule has 0 saturated heterocycles. The largest absolute Gasteiger partial charge is 0.380 e. The summed E-state index contributed by atoms with van der Waals surface area (Å²) in [5.74, 6) is 0. The van der Waals surface area contributed by atoms with E-state index in [4.69, 9.17) is 0 Å². The fourth-order valence-electron chi connectivity index (χ4n) is 1.49. The van der Waals surface area contributed by atoms with Crippen LogP contribution in [0.5, 0.6) is 0 Å². The first-order valence-corrected chi connectivity index (χ1v) is 6.62. The second-order valence-corrected chi connectivity index (χ2v) is 5.21. The van der Waals surface area contributed by atoms with Crippen molar-refractivity contribution in [2.24, 2.45) is 0 Å². The molecule has 3 rings (SSSR count). The Morgan fingerprint density at radius 3 is 3.06 bits per heavy atom. The van der Waals surface area contributed by atoms with Gasteiger partial charge < -0.3 is 5.32 Å². The summed E-state index contributed by atoms with van der Waals surface area (Å²) in [4.78, 5) is 9.57. The van der Waals surface area contributed by atoms with Crippen LogP contribution in [0.1, 0.15) is 4.88 Å². The Hall–Kier alpha value is -1.46. The molecule has 0 unspecified atom stereocenters. The Kier molecular flexibility index (Phi) is 2.55. The maximum absolute atomic E-state index is 4.29. The second-order valence-electron chi connectivity index (χ2n) is 3.36. The van der Waals surface area contributed by atoms with Gasteiger partial charge in [-0.15, -0.1) is 22.7 Å². The van der Waals surface area contributed by atoms with Gasteiger partial charge in [-0.3, -0.25) is 4.98 Å². The molecule has 0 bridgehead atoms. The molecule has 0 fully saturated rings. The molecule has 0 radical (unpaired) electrons. The summed E-state index contributed by atoms with van der Waals surface area (Å²) in [5.41, 5.74) is 5.88. The highest BCUT2D eigenvalue weighted by Gasteiger charge is 1.99. The zero-order valence-electron chi connectivity index (χ0n) is 8.38. The highest BCUT2D eigenvalue weighted by Crippen LogP contribution is 2.22. The topological polar surface area (TPSA) is 37.8 Å². The van der Waals surface area contributed by atoms with Crippen molar-refractivity contribution in [1.29, 1.82) is 0 Å². The van der Waals surface area contributed by atoms with E-state index in [1.165, 1.54) is 9.58 Å². The summed E-state index contributed by atoms with van der Waals surface area (Å²) in [6, 6.07) is 6.26. The van der Waals surface area contributed by atoms with Crippen molar-refractivity contribution < 1.29 is 0 Å². The standard InChI is InChI=1S/C11H9N3S2/c1-2-11-10(14-7-16-11)3-8(1)13-5-9-4-12-6-15-9/h1-4,6-7,13H,5H2. The molecular formula is C11H9N3S2. The number of aromatic nitrogens is 2. The molecule has 0 aliphatic rings. The summed E-state index contributed by atoms with van der Waals surface area (Å²) in [7, 11) is 0. The molecule has 3 aromatic rings. The van der Waals surface area contributed by atoms with E-state index in [9.17, 15) is 0 Å². The average molecular weight is 247 g/mol. The lowest BCUT2D eigenvalue weighted by atomic mass is 10.3. The zero-order chi connectivity index (χ0) is 10.8. The first kappa shape index (κ1) is 9.74. The van der Waals surface area contributed by atoms with Crippen molar-refractivity contribution in [2.75, 3.05) is 5.32 Å². The quantitative estimate of drug-likeness (QED) is 0.771. The zero-order valence-corrected chi connectivity index (χ0v) is 10.0. The minimum absolute atomic E-state index is 0.820. The molecule has 3 nitrogen and oxygen atoms in total. The minimum Gasteiger partial charge on any atom is -0.380 e. The SMILES string of the molecule is c1ncc(CNc2ccc3scnc3c2)s1. The smallest absolute Gasteiger partial charge is 0.0832 e. The molecule has 1 aromatic carbocycles. The van der Waals surface area contributed by atoms with E-state index in [0.717, 1.165) is 17.7 Å². The van der Waals surface area contributed by atoms with Crippen LogP contribution < -0.4 is 5.32 Å². The number of nitrogens with one attached hydrogen (secondary N) is 1. The number of hydrogen-bond donors (Lipinski definition) is 1. The van der Waals surface area contributed by atoms with Gasteiger partial charge in [0.15, 0.2) is 0 Å². The van der Waals surface area contributed by atoms with Gasteiger partial charge in [-0.05, 0) is 18.2 Å². The van der Waals surface area contributed by atoms with Crippen LogP contribution in [0.2, 0.25) is 0 Å². The number of anilines is 1. The summed E-state index contributed by atoms with van der Waals surface area (Å²) >= 11 is 3.33. The van der Waals surface area contributed by atoms with Crippen LogP contribution in [0.15, 0.2) is 35.4 Å². The van der Waals surface area contributed by atoms with Crippen LogP contribution in [-0.4, -0.2) is 9.97 Å². The van der Waals surface area contributed by atoms with E-state index >= 15 is 0 Å². The summed E-state index contributed by atoms with van der Waals surface area (Å²) < 4.78 is 1.23. The predicted octanol–water partition coefficient (Wildman–Crippen LogP) is 3.36. The molecule has 2 heterocycles. The van der Waals surface area contributed by atoms with E-state index in [0.29, 0.717) is 0 Å². The Labute approximate surface area is 101 Å². The van der Waals surface area contributed by atoms with Gasteiger partial charge in [-0.1, -0.05) is 0 Å². The molecule has 0 aliphatic carbocycles. The summed E-state index contributed by atoms with van der Waals surface area (Å²) in [6.45, 7) is 0.820. The molecule has 0 aliphatic heterocycles. The predicted molar refractivity (Wildman–Crippen MR) is 69.1 cm³/mol. The van der Waals surface area contributed by atoms with Crippen LogP contribution >= 0.6 is 22.7 Å². The lowest BCUT2D eigenvalue weighted by molar-refractivity contribution is 1.18. The first-order valence-electron chi connectivity index (χ1n) is 4.86. The number of rotatable bonds is 3. The summed E-state index contributed by atoms with van der Waals surface area (Å²) in [5, 5.41) is 3.36. The number of hydrogen-bond acceptors (Lipinski definition) is 5. The third kappa shape index (κ3) is 1.91. The number of benzene rings is 1. The summed E-state index contributed by atoms with van der Waals surface area (Å²) in [6.07, 6.45) is 1.89. The van der Waals surface area contributed by atoms with Gasteiger partial charge in [0.05, 0.1) is 27.8 Å². The Balaban J connectivity index is 1.78. The van der Waals surface area contributed by atoms with Gasteiger partial charge in [0.1, 0.15) is 0 Å². The van der Waals surface area contributed by atoms with Crippen LogP contribution in [0.4, 0.5) is 5.69 Å². The van der Waals surface area contributed by atoms with Crippen molar-refractivity contribution in [3.63, 3.8) is 0 Å². The maximum Gasteiger partial charge on any atom is 0.0832 e. The van der Waals surface area contributed by atoms with Crippen LogP contribution in [0.25, 0.3) is 10.2 Å². The second kappa shape index (κ2) is 4.19. The monoisotopic (exact) mass is 247 g/mol. The van der Waals surface area contributed by atoms with E-state index in [1.54, 1.807) is 22.7 Å². The van der Waals surface area contributed by atoms with Crippen LogP contribution in [0.3, 0.4) is 0 Å². The Morgan fingerprint density at radius 2 is 2.19 bits per heavy atom. The molecule has 0 atom stereocenters. The lowest BCUT2D eigenvalue weighted by Crippen LogP contribution is -1.96. The molecule has 0 saturated carbocycles. The van der Waals surface area contributed by atoms with Gasteiger partial charge in [0.2, 0.25) is 0 Å². The normalized spacial score (nSPS) is 10.8. The molecule has 0 spiro atoms. The molecule has 80 valence electrons. The first-order chi connectivity index (χ1) is 7.92. The molecule has 16 heavy (non-hydrogen) atoms. The van der Waals surface area contributed by atoms with Crippen molar-refractivity contribution in [2.45, 2.75) is 6.54 Å². The Bertz CT molecular complexity index is 586. The highest BCUT2D eigenvalue weighted by molar-refractivity contribution is 7.16. The lowest BCUT2D eigenvalue weighted by Gasteiger charge is -2.03. The van der Waals surface area contributed by atoms with Crippen molar-refractivity contribution in [3.8, 4) is 0 Å². The minimum atomic E-state index is 0.820. The van der Waals surface area contributed by atoms with Gasteiger partial charge in [-0.25, -0.2) is 4.98 Å². The highest BCUT2D eigenvalue weighted by atomic mass is 32.1. The van der Waals surface area contributed by atoms with Crippen LogP contribution in [0, 0.1) is 0 Å². The maximum atomic E-state index is 4.29. The fourth-order valence-corrected chi connectivity index (χ4v) is 2.68. The van der Waals surface area contributed by atoms with E-state index in [1.807, 2.05) is 17.2 Å². The van der Waals surface area contributed by atoms with Gasteiger partial charge in [0, 0.05) is 16.8 Å². The number of fused-ring (bicyclic) bond motifs is 1. The van der Waals surface area contributed by atoms with E-state index < -0.39 is 0 Å². The average Bonchev–Trinajstić information content (AvgIpc) is 2.97. The fraction of sp³-hybridized carbons (Fsp3) is 0.0909. The number of nitrogens with zero attached hydrogens (tertiary/aromatic N) is 2. The van der Waals surface area contributed by atoms with E-state index in [-0.39, 0.29) is 0 Å². The molecule has 2 aromatic heterocycles. The van der Waals surface area contributed by atoms with Crippen molar-refractivity contribution in [3.05, 3.63) is 40.3 Å². The van der Waals surface area contributed by atoms with Crippen molar-refractivity contribution >= 4 is 38.6 Å².